The van der Waals surface area contributed by atoms with Crippen molar-refractivity contribution in [3.63, 3.8) is 0 Å². The molecule has 0 amide bonds. The smallest absolute Gasteiger partial charge is 0.162 e. The minimum atomic E-state index is -0.710. The van der Waals surface area contributed by atoms with Gasteiger partial charge in [0.1, 0.15) is 11.8 Å². The summed E-state index contributed by atoms with van der Waals surface area (Å²) in [6.07, 6.45) is 7.27. The van der Waals surface area contributed by atoms with Gasteiger partial charge in [-0.15, -0.1) is 0 Å². The predicted octanol–water partition coefficient (Wildman–Crippen LogP) is 2.20. The van der Waals surface area contributed by atoms with E-state index >= 15 is 0 Å². The van der Waals surface area contributed by atoms with Gasteiger partial charge in [0, 0.05) is 14.2 Å². The van der Waals surface area contributed by atoms with E-state index < -0.39 is 11.7 Å². The van der Waals surface area contributed by atoms with Crippen LogP contribution in [0.5, 0.6) is 5.75 Å². The number of rotatable bonds is 4. The minimum Gasteiger partial charge on any atom is -0.493 e. The van der Waals surface area contributed by atoms with Crippen LogP contribution in [0.2, 0.25) is 0 Å². The maximum Gasteiger partial charge on any atom is 0.162 e. The summed E-state index contributed by atoms with van der Waals surface area (Å²) in [5.41, 5.74) is 0.184. The van der Waals surface area contributed by atoms with Crippen LogP contribution in [0, 0.1) is 0 Å². The first-order valence-corrected chi connectivity index (χ1v) is 6.94. The van der Waals surface area contributed by atoms with Crippen LogP contribution >= 0.6 is 0 Å². The first kappa shape index (κ1) is 14.3. The molecule has 0 aliphatic heterocycles. The van der Waals surface area contributed by atoms with Crippen LogP contribution in [-0.2, 0) is 11.8 Å². The van der Waals surface area contributed by atoms with Gasteiger partial charge in [0.15, 0.2) is 5.75 Å². The summed E-state index contributed by atoms with van der Waals surface area (Å²) in [7, 11) is 5.11. The molecule has 1 fully saturated rings. The molecule has 2 rings (SSSR count). The largest absolute Gasteiger partial charge is 0.493 e. The van der Waals surface area contributed by atoms with E-state index in [2.05, 4.69) is 5.10 Å². The van der Waals surface area contributed by atoms with Crippen molar-refractivity contribution in [2.24, 2.45) is 7.05 Å². The Hall–Kier alpha value is -1.07. The molecular formula is C14H24N2O3. The maximum atomic E-state index is 10.8. The highest BCUT2D eigenvalue weighted by Crippen LogP contribution is 2.42. The van der Waals surface area contributed by atoms with Gasteiger partial charge in [0.2, 0.25) is 0 Å². The van der Waals surface area contributed by atoms with Crippen LogP contribution < -0.4 is 4.74 Å². The number of methoxy groups -OCH3 is 2. The van der Waals surface area contributed by atoms with Crippen LogP contribution in [-0.4, -0.2) is 34.7 Å². The lowest BCUT2D eigenvalue weighted by Crippen LogP contribution is -2.39. The molecule has 1 heterocycles. The Bertz CT molecular complexity index is 409. The van der Waals surface area contributed by atoms with E-state index in [-0.39, 0.29) is 0 Å². The third kappa shape index (κ3) is 2.62. The normalized spacial score (nSPS) is 20.8. The van der Waals surface area contributed by atoms with Gasteiger partial charge in [-0.3, -0.25) is 4.68 Å². The Kier molecular flexibility index (Phi) is 4.47. The van der Waals surface area contributed by atoms with E-state index in [0.717, 1.165) is 25.7 Å². The Morgan fingerprint density at radius 3 is 2.42 bits per heavy atom. The molecular weight excluding hydrogens is 244 g/mol. The van der Waals surface area contributed by atoms with Crippen molar-refractivity contribution in [3.8, 4) is 5.75 Å². The number of hydrogen-bond acceptors (Lipinski definition) is 4. The highest BCUT2D eigenvalue weighted by Gasteiger charge is 2.42. The Balaban J connectivity index is 2.33. The number of ether oxygens (including phenoxy) is 2. The van der Waals surface area contributed by atoms with Crippen LogP contribution in [0.4, 0.5) is 0 Å². The fourth-order valence-corrected chi connectivity index (χ4v) is 3.06. The van der Waals surface area contributed by atoms with E-state index in [1.54, 1.807) is 25.1 Å². The van der Waals surface area contributed by atoms with Crippen molar-refractivity contribution in [3.05, 3.63) is 11.9 Å². The number of nitrogens with zero attached hydrogens (tertiary/aromatic N) is 2. The number of hydrogen-bond donors (Lipinski definition) is 1. The first-order valence-electron chi connectivity index (χ1n) is 6.94. The van der Waals surface area contributed by atoms with Crippen LogP contribution in [0.15, 0.2) is 6.20 Å². The molecule has 1 atom stereocenters. The molecule has 0 bridgehead atoms. The number of aromatic nitrogens is 2. The highest BCUT2D eigenvalue weighted by molar-refractivity contribution is 5.29. The molecule has 1 aliphatic rings. The minimum absolute atomic E-state index is 0.516. The van der Waals surface area contributed by atoms with Gasteiger partial charge < -0.3 is 14.6 Å². The van der Waals surface area contributed by atoms with Crippen LogP contribution in [0.3, 0.4) is 0 Å². The van der Waals surface area contributed by atoms with Gasteiger partial charge in [0.05, 0.1) is 18.9 Å². The van der Waals surface area contributed by atoms with Crippen LogP contribution in [0.1, 0.15) is 50.3 Å². The van der Waals surface area contributed by atoms with E-state index in [1.165, 1.54) is 12.8 Å². The fourth-order valence-electron chi connectivity index (χ4n) is 3.06. The topological polar surface area (TPSA) is 56.5 Å². The molecule has 5 nitrogen and oxygen atoms in total. The highest BCUT2D eigenvalue weighted by atomic mass is 16.5. The molecule has 5 heteroatoms. The fraction of sp³-hybridized carbons (Fsp3) is 0.786. The van der Waals surface area contributed by atoms with Gasteiger partial charge in [-0.25, -0.2) is 0 Å². The lowest BCUT2D eigenvalue weighted by Gasteiger charge is -2.36. The molecule has 0 radical (unpaired) electrons. The zero-order valence-electron chi connectivity index (χ0n) is 12.1. The van der Waals surface area contributed by atoms with Crippen molar-refractivity contribution in [2.45, 2.75) is 50.2 Å². The van der Waals surface area contributed by atoms with Gasteiger partial charge in [-0.05, 0) is 12.8 Å². The van der Waals surface area contributed by atoms with E-state index in [4.69, 9.17) is 9.47 Å². The molecule has 0 saturated heterocycles. The second kappa shape index (κ2) is 5.92. The van der Waals surface area contributed by atoms with Crippen LogP contribution in [0.25, 0.3) is 0 Å². The third-order valence-corrected chi connectivity index (χ3v) is 4.28. The molecule has 1 aromatic rings. The molecule has 0 spiro atoms. The summed E-state index contributed by atoms with van der Waals surface area (Å²) >= 11 is 0. The summed E-state index contributed by atoms with van der Waals surface area (Å²) in [5, 5.41) is 15.0. The summed E-state index contributed by atoms with van der Waals surface area (Å²) in [4.78, 5) is 0. The van der Waals surface area contributed by atoms with Crippen molar-refractivity contribution in [1.82, 2.24) is 9.78 Å². The van der Waals surface area contributed by atoms with Crippen molar-refractivity contribution >= 4 is 0 Å². The molecule has 1 aromatic heterocycles. The molecule has 1 unspecified atom stereocenters. The summed E-state index contributed by atoms with van der Waals surface area (Å²) in [5.74, 6) is 0.621. The lowest BCUT2D eigenvalue weighted by molar-refractivity contribution is -0.117. The molecule has 1 N–H and O–H groups in total. The summed E-state index contributed by atoms with van der Waals surface area (Å²) in [6.45, 7) is 0. The van der Waals surface area contributed by atoms with E-state index in [1.807, 2.05) is 7.05 Å². The quantitative estimate of drug-likeness (QED) is 0.851. The standard InChI is InChI=1S/C14H24N2O3/c1-16-12(11(18-2)10-15-16)13(17)14(19-3)8-6-4-5-7-9-14/h10,13,17H,4-9H2,1-3H3. The van der Waals surface area contributed by atoms with Gasteiger partial charge in [0.25, 0.3) is 0 Å². The summed E-state index contributed by atoms with van der Waals surface area (Å²) in [6, 6.07) is 0. The molecule has 1 aliphatic carbocycles. The SMILES string of the molecule is COc1cnn(C)c1C(O)C1(OC)CCCCCC1. The number of aryl methyl sites for hydroxylation is 1. The Morgan fingerprint density at radius 1 is 1.26 bits per heavy atom. The lowest BCUT2D eigenvalue weighted by atomic mass is 9.86. The second-order valence-electron chi connectivity index (χ2n) is 5.31. The van der Waals surface area contributed by atoms with Crippen molar-refractivity contribution in [2.75, 3.05) is 14.2 Å². The number of aliphatic hydroxyl groups is 1. The average molecular weight is 268 g/mol. The van der Waals surface area contributed by atoms with Gasteiger partial charge in [-0.1, -0.05) is 25.7 Å². The first-order chi connectivity index (χ1) is 9.14. The Morgan fingerprint density at radius 2 is 1.89 bits per heavy atom. The summed E-state index contributed by atoms with van der Waals surface area (Å²) < 4.78 is 12.7. The van der Waals surface area contributed by atoms with E-state index in [9.17, 15) is 5.11 Å². The van der Waals surface area contributed by atoms with Crippen molar-refractivity contribution < 1.29 is 14.6 Å². The average Bonchev–Trinajstić information content (AvgIpc) is 2.65. The number of aliphatic hydroxyl groups excluding tert-OH is 1. The molecule has 19 heavy (non-hydrogen) atoms. The monoisotopic (exact) mass is 268 g/mol. The maximum absolute atomic E-state index is 10.8. The Labute approximate surface area is 114 Å². The molecule has 1 saturated carbocycles. The van der Waals surface area contributed by atoms with E-state index in [0.29, 0.717) is 11.4 Å². The third-order valence-electron chi connectivity index (χ3n) is 4.28. The van der Waals surface area contributed by atoms with Gasteiger partial charge in [-0.2, -0.15) is 5.10 Å². The second-order valence-corrected chi connectivity index (χ2v) is 5.31. The van der Waals surface area contributed by atoms with Gasteiger partial charge >= 0.3 is 0 Å². The zero-order valence-corrected chi connectivity index (χ0v) is 12.1. The van der Waals surface area contributed by atoms with Crippen molar-refractivity contribution in [1.29, 1.82) is 0 Å². The molecule has 0 aromatic carbocycles. The molecule has 108 valence electrons. The zero-order chi connectivity index (χ0) is 13.9. The predicted molar refractivity (Wildman–Crippen MR) is 72.2 cm³/mol.